The van der Waals surface area contributed by atoms with Crippen LogP contribution in [0.25, 0.3) is 10.2 Å². The Morgan fingerprint density at radius 2 is 2.03 bits per heavy atom. The Labute approximate surface area is 181 Å². The van der Waals surface area contributed by atoms with E-state index in [0.29, 0.717) is 52.0 Å². The van der Waals surface area contributed by atoms with Crippen LogP contribution in [-0.2, 0) is 14.2 Å². The summed E-state index contributed by atoms with van der Waals surface area (Å²) in [7, 11) is 1.34. The molecule has 2 aromatic heterocycles. The molecule has 1 aliphatic carbocycles. The molecule has 1 saturated heterocycles. The summed E-state index contributed by atoms with van der Waals surface area (Å²) in [6.07, 6.45) is 2.67. The van der Waals surface area contributed by atoms with Crippen LogP contribution in [-0.4, -0.2) is 48.2 Å². The first-order chi connectivity index (χ1) is 15.0. The van der Waals surface area contributed by atoms with Crippen molar-refractivity contribution in [3.63, 3.8) is 0 Å². The first kappa shape index (κ1) is 20.1. The third-order valence-electron chi connectivity index (χ3n) is 5.56. The van der Waals surface area contributed by atoms with Crippen molar-refractivity contribution >= 4 is 39.0 Å². The highest BCUT2D eigenvalue weighted by molar-refractivity contribution is 7.20. The molecular formula is C21H20FN3O5S. The summed E-state index contributed by atoms with van der Waals surface area (Å²) in [6, 6.07) is 4.30. The molecule has 2 fully saturated rings. The van der Waals surface area contributed by atoms with E-state index in [1.807, 2.05) is 6.92 Å². The summed E-state index contributed by atoms with van der Waals surface area (Å²) in [5.74, 6) is 0.0466. The molecule has 1 aromatic carbocycles. The highest BCUT2D eigenvalue weighted by Crippen LogP contribution is 2.38. The number of nitrogens with zero attached hydrogens (tertiary/aromatic N) is 2. The van der Waals surface area contributed by atoms with Crippen molar-refractivity contribution in [1.29, 1.82) is 0 Å². The molecule has 1 N–H and O–H groups in total. The lowest BCUT2D eigenvalue weighted by molar-refractivity contribution is 0.0123. The zero-order chi connectivity index (χ0) is 21.5. The van der Waals surface area contributed by atoms with Crippen molar-refractivity contribution in [1.82, 2.24) is 9.97 Å². The number of esters is 1. The lowest BCUT2D eigenvalue weighted by atomic mass is 10.2. The monoisotopic (exact) mass is 445 g/mol. The number of ether oxygens (including phenoxy) is 4. The van der Waals surface area contributed by atoms with Gasteiger partial charge in [0.1, 0.15) is 46.3 Å². The maximum absolute atomic E-state index is 14.0. The number of hydrogen-bond donors (Lipinski definition) is 1. The van der Waals surface area contributed by atoms with Gasteiger partial charge >= 0.3 is 5.97 Å². The molecule has 0 spiro atoms. The quantitative estimate of drug-likeness (QED) is 0.591. The second-order valence-corrected chi connectivity index (χ2v) is 8.45. The number of thiophene rings is 1. The molecule has 31 heavy (non-hydrogen) atoms. The van der Waals surface area contributed by atoms with Crippen molar-refractivity contribution in [3.8, 4) is 5.75 Å². The second kappa shape index (κ2) is 8.03. The molecule has 162 valence electrons. The topological polar surface area (TPSA) is 91.8 Å². The lowest BCUT2D eigenvalue weighted by Gasteiger charge is -2.18. The number of fused-ring (bicyclic) bond motifs is 2. The van der Waals surface area contributed by atoms with Gasteiger partial charge in [0.25, 0.3) is 0 Å². The number of benzene rings is 1. The van der Waals surface area contributed by atoms with Gasteiger partial charge in [0.15, 0.2) is 0 Å². The van der Waals surface area contributed by atoms with Gasteiger partial charge in [-0.05, 0) is 24.6 Å². The van der Waals surface area contributed by atoms with E-state index in [9.17, 15) is 9.18 Å². The highest BCUT2D eigenvalue weighted by Gasteiger charge is 2.41. The summed E-state index contributed by atoms with van der Waals surface area (Å²) in [4.78, 5) is 21.8. The fourth-order valence-electron chi connectivity index (χ4n) is 4.04. The lowest BCUT2D eigenvalue weighted by Crippen LogP contribution is -2.16. The molecule has 0 bridgehead atoms. The normalized spacial score (nSPS) is 22.5. The van der Waals surface area contributed by atoms with Gasteiger partial charge in [-0.15, -0.1) is 11.3 Å². The van der Waals surface area contributed by atoms with Crippen LogP contribution in [0.1, 0.15) is 28.1 Å². The van der Waals surface area contributed by atoms with Gasteiger partial charge in [-0.25, -0.2) is 19.2 Å². The molecule has 3 heterocycles. The Morgan fingerprint density at radius 3 is 2.77 bits per heavy atom. The van der Waals surface area contributed by atoms with Gasteiger partial charge < -0.3 is 24.3 Å². The first-order valence-electron chi connectivity index (χ1n) is 9.82. The number of aryl methyl sites for hydroxylation is 1. The Balaban J connectivity index is 1.46. The average molecular weight is 445 g/mol. The third-order valence-corrected chi connectivity index (χ3v) is 6.74. The molecule has 1 unspecified atom stereocenters. The van der Waals surface area contributed by atoms with Gasteiger partial charge in [-0.3, -0.25) is 0 Å². The highest BCUT2D eigenvalue weighted by atomic mass is 32.1. The molecule has 10 heteroatoms. The summed E-state index contributed by atoms with van der Waals surface area (Å²) < 4.78 is 36.1. The van der Waals surface area contributed by atoms with E-state index >= 15 is 0 Å². The summed E-state index contributed by atoms with van der Waals surface area (Å²) in [5, 5.41) is 3.94. The molecule has 5 rings (SSSR count). The van der Waals surface area contributed by atoms with Gasteiger partial charge in [-0.2, -0.15) is 0 Å². The fraction of sp³-hybridized carbons (Fsp3) is 0.381. The number of halogens is 1. The fourth-order valence-corrected chi connectivity index (χ4v) is 5.10. The molecule has 0 radical (unpaired) electrons. The summed E-state index contributed by atoms with van der Waals surface area (Å²) in [6.45, 7) is 2.13. The molecule has 8 nitrogen and oxygen atoms in total. The van der Waals surface area contributed by atoms with E-state index in [1.165, 1.54) is 36.9 Å². The number of carbonyl (C=O) groups is 1. The molecule has 1 saturated carbocycles. The van der Waals surface area contributed by atoms with Gasteiger partial charge in [-0.1, -0.05) is 0 Å². The predicted molar refractivity (Wildman–Crippen MR) is 111 cm³/mol. The maximum atomic E-state index is 14.0. The van der Waals surface area contributed by atoms with E-state index in [2.05, 4.69) is 15.3 Å². The molecule has 2 aliphatic rings. The Bertz CT molecular complexity index is 1140. The summed E-state index contributed by atoms with van der Waals surface area (Å²) in [5.41, 5.74) is 1.28. The van der Waals surface area contributed by atoms with Crippen LogP contribution in [0.2, 0.25) is 0 Å². The van der Waals surface area contributed by atoms with E-state index in [0.717, 1.165) is 5.56 Å². The van der Waals surface area contributed by atoms with Gasteiger partial charge in [0, 0.05) is 18.9 Å². The molecule has 1 aliphatic heterocycles. The number of methoxy groups -OCH3 is 1. The van der Waals surface area contributed by atoms with Gasteiger partial charge in [0.05, 0.1) is 30.4 Å². The van der Waals surface area contributed by atoms with Crippen LogP contribution in [0.15, 0.2) is 24.5 Å². The Kier molecular flexibility index (Phi) is 5.20. The van der Waals surface area contributed by atoms with Crippen LogP contribution in [0, 0.1) is 12.7 Å². The largest absolute Gasteiger partial charge is 0.488 e. The average Bonchev–Trinajstić information content (AvgIpc) is 3.43. The number of carbonyl (C=O) groups excluding carboxylic acids is 1. The number of rotatable bonds is 5. The van der Waals surface area contributed by atoms with E-state index in [1.54, 1.807) is 6.07 Å². The number of nitrogens with one attached hydrogen (secondary N) is 1. The van der Waals surface area contributed by atoms with Crippen molar-refractivity contribution in [2.45, 2.75) is 38.1 Å². The minimum absolute atomic E-state index is 0.0154. The number of anilines is 2. The predicted octanol–water partition coefficient (Wildman–Crippen LogP) is 3.95. The number of hydrogen-bond acceptors (Lipinski definition) is 9. The zero-order valence-electron chi connectivity index (χ0n) is 16.9. The van der Waals surface area contributed by atoms with E-state index in [-0.39, 0.29) is 18.3 Å². The van der Waals surface area contributed by atoms with Crippen molar-refractivity contribution < 1.29 is 28.1 Å². The van der Waals surface area contributed by atoms with Gasteiger partial charge in [0.2, 0.25) is 0 Å². The third kappa shape index (κ3) is 3.71. The minimum atomic E-state index is -0.423. The Morgan fingerprint density at radius 1 is 1.26 bits per heavy atom. The molecular weight excluding hydrogens is 425 g/mol. The van der Waals surface area contributed by atoms with Crippen LogP contribution in [0.3, 0.4) is 0 Å². The summed E-state index contributed by atoms with van der Waals surface area (Å²) >= 11 is 1.24. The van der Waals surface area contributed by atoms with Crippen LogP contribution < -0.4 is 10.1 Å². The van der Waals surface area contributed by atoms with Crippen molar-refractivity contribution in [3.05, 3.63) is 40.8 Å². The molecule has 3 atom stereocenters. The zero-order valence-corrected chi connectivity index (χ0v) is 17.7. The van der Waals surface area contributed by atoms with E-state index < -0.39 is 11.8 Å². The second-order valence-electron chi connectivity index (χ2n) is 7.46. The van der Waals surface area contributed by atoms with Crippen LogP contribution >= 0.6 is 11.3 Å². The van der Waals surface area contributed by atoms with Crippen molar-refractivity contribution in [2.75, 3.05) is 19.2 Å². The standard InChI is InChI=1S/C21H20FN3O5S/c1-10-17-19(23-8-24-20(17)31-18(10)21(26)27-2)25-13-4-3-11(22)5-14(13)30-12-6-15-16(7-12)29-9-28-15/h3-5,8,12,15-16H,6-7,9H2,1-2H3,(H,23,24,25)/t12?,15-,16+. The Hall–Kier alpha value is -2.82. The van der Waals surface area contributed by atoms with Crippen LogP contribution in [0.5, 0.6) is 5.75 Å². The minimum Gasteiger partial charge on any atom is -0.488 e. The SMILES string of the molecule is COC(=O)c1sc2ncnc(Nc3ccc(F)cc3OC3C[C@@H]4OCO[C@@H]4C3)c2c1C. The van der Waals surface area contributed by atoms with Crippen LogP contribution in [0.4, 0.5) is 15.9 Å². The van der Waals surface area contributed by atoms with Crippen molar-refractivity contribution in [2.24, 2.45) is 0 Å². The molecule has 3 aromatic rings. The first-order valence-corrected chi connectivity index (χ1v) is 10.6. The number of aromatic nitrogens is 2. The smallest absolute Gasteiger partial charge is 0.348 e. The molecule has 0 amide bonds. The maximum Gasteiger partial charge on any atom is 0.348 e. The van der Waals surface area contributed by atoms with E-state index in [4.69, 9.17) is 18.9 Å².